The number of benzene rings is 2. The lowest BCUT2D eigenvalue weighted by molar-refractivity contribution is -0.139. The number of hydrogen-bond donors (Lipinski definition) is 2. The predicted octanol–water partition coefficient (Wildman–Crippen LogP) is 1.76. The van der Waals surface area contributed by atoms with Gasteiger partial charge in [0.15, 0.2) is 0 Å². The maximum atomic E-state index is 12.7. The first kappa shape index (κ1) is 14.7. The Morgan fingerprint density at radius 3 is 1.76 bits per heavy atom. The number of rotatable bonds is 4. The van der Waals surface area contributed by atoms with E-state index >= 15 is 0 Å². The fourth-order valence-corrected chi connectivity index (χ4v) is 1.72. The van der Waals surface area contributed by atoms with Gasteiger partial charge in [-0.1, -0.05) is 42.5 Å². The Hall–Kier alpha value is -2.69. The molecule has 5 heteroatoms. The maximum Gasteiger partial charge on any atom is 0.309 e. The first-order valence-electron chi connectivity index (χ1n) is 6.49. The average molecular weight is 286 g/mol. The summed E-state index contributed by atoms with van der Waals surface area (Å²) in [5.41, 5.74) is 1.64. The molecule has 0 heterocycles. The van der Waals surface area contributed by atoms with Crippen molar-refractivity contribution in [2.45, 2.75) is 13.1 Å². The molecule has 2 aromatic carbocycles. The third kappa shape index (κ3) is 4.72. The number of nitrogens with one attached hydrogen (secondary N) is 2. The summed E-state index contributed by atoms with van der Waals surface area (Å²) in [6, 6.07) is 15.0. The molecule has 21 heavy (non-hydrogen) atoms. The van der Waals surface area contributed by atoms with Gasteiger partial charge in [0.05, 0.1) is 0 Å². The third-order valence-electron chi connectivity index (χ3n) is 2.87. The van der Waals surface area contributed by atoms with Crippen LogP contribution in [0.25, 0.3) is 0 Å². The second-order valence-electron chi connectivity index (χ2n) is 4.48. The van der Waals surface area contributed by atoms with E-state index in [2.05, 4.69) is 10.6 Å². The van der Waals surface area contributed by atoms with Gasteiger partial charge in [-0.15, -0.1) is 0 Å². The van der Waals surface area contributed by atoms with Crippen molar-refractivity contribution in [2.24, 2.45) is 0 Å². The summed E-state index contributed by atoms with van der Waals surface area (Å²) in [7, 11) is 0. The topological polar surface area (TPSA) is 58.2 Å². The van der Waals surface area contributed by atoms with Crippen LogP contribution >= 0.6 is 0 Å². The van der Waals surface area contributed by atoms with Crippen LogP contribution in [-0.4, -0.2) is 11.8 Å². The zero-order chi connectivity index (χ0) is 15.1. The Kier molecular flexibility index (Phi) is 5.04. The number of carbonyl (C=O) groups is 2. The molecule has 0 fully saturated rings. The molecule has 2 N–H and O–H groups in total. The number of carbonyl (C=O) groups excluding carboxylic acids is 2. The molecular formula is C16H15FN2O2. The van der Waals surface area contributed by atoms with Gasteiger partial charge in [0.25, 0.3) is 0 Å². The van der Waals surface area contributed by atoms with E-state index < -0.39 is 11.8 Å². The van der Waals surface area contributed by atoms with Crippen LogP contribution in [0.1, 0.15) is 11.1 Å². The van der Waals surface area contributed by atoms with E-state index in [-0.39, 0.29) is 12.4 Å². The van der Waals surface area contributed by atoms with Gasteiger partial charge in [0.1, 0.15) is 5.82 Å². The van der Waals surface area contributed by atoms with Crippen LogP contribution in [0.5, 0.6) is 0 Å². The van der Waals surface area contributed by atoms with Gasteiger partial charge in [-0.2, -0.15) is 0 Å². The molecule has 2 aromatic rings. The van der Waals surface area contributed by atoms with Crippen LogP contribution in [-0.2, 0) is 22.7 Å². The highest BCUT2D eigenvalue weighted by Crippen LogP contribution is 2.02. The molecule has 0 unspecified atom stereocenters. The van der Waals surface area contributed by atoms with Crippen molar-refractivity contribution >= 4 is 11.8 Å². The lowest BCUT2D eigenvalue weighted by atomic mass is 10.2. The number of amides is 2. The highest BCUT2D eigenvalue weighted by Gasteiger charge is 2.12. The van der Waals surface area contributed by atoms with Gasteiger partial charge < -0.3 is 10.6 Å². The zero-order valence-electron chi connectivity index (χ0n) is 11.3. The van der Waals surface area contributed by atoms with Crippen molar-refractivity contribution in [1.82, 2.24) is 10.6 Å². The smallest absolute Gasteiger partial charge is 0.309 e. The minimum Gasteiger partial charge on any atom is -0.344 e. The lowest BCUT2D eigenvalue weighted by Gasteiger charge is -2.06. The molecule has 0 spiro atoms. The summed E-state index contributed by atoms with van der Waals surface area (Å²) in [5.74, 6) is -1.75. The van der Waals surface area contributed by atoms with E-state index in [0.717, 1.165) is 11.1 Å². The SMILES string of the molecule is O=C(NCc1ccccc1)C(=O)NCc1ccc(F)cc1. The highest BCUT2D eigenvalue weighted by atomic mass is 19.1. The van der Waals surface area contributed by atoms with Gasteiger partial charge in [-0.25, -0.2) is 4.39 Å². The van der Waals surface area contributed by atoms with Crippen LogP contribution in [0, 0.1) is 5.82 Å². The fourth-order valence-electron chi connectivity index (χ4n) is 1.72. The quantitative estimate of drug-likeness (QED) is 0.841. The summed E-state index contributed by atoms with van der Waals surface area (Å²) in [6.45, 7) is 0.474. The minimum atomic E-state index is -0.713. The number of halogens is 1. The van der Waals surface area contributed by atoms with E-state index in [9.17, 15) is 14.0 Å². The molecule has 0 aromatic heterocycles. The molecule has 0 aliphatic heterocycles. The third-order valence-corrected chi connectivity index (χ3v) is 2.87. The van der Waals surface area contributed by atoms with Crippen LogP contribution < -0.4 is 10.6 Å². The van der Waals surface area contributed by atoms with Gasteiger partial charge in [0.2, 0.25) is 0 Å². The molecule has 2 amide bonds. The lowest BCUT2D eigenvalue weighted by Crippen LogP contribution is -2.39. The monoisotopic (exact) mass is 286 g/mol. The molecule has 0 radical (unpaired) electrons. The molecule has 2 rings (SSSR count). The molecule has 0 saturated carbocycles. The largest absolute Gasteiger partial charge is 0.344 e. The van der Waals surface area contributed by atoms with Gasteiger partial charge in [-0.05, 0) is 23.3 Å². The van der Waals surface area contributed by atoms with Crippen LogP contribution in [0.2, 0.25) is 0 Å². The van der Waals surface area contributed by atoms with E-state index in [1.54, 1.807) is 12.1 Å². The fraction of sp³-hybridized carbons (Fsp3) is 0.125. The van der Waals surface area contributed by atoms with E-state index in [0.29, 0.717) is 6.54 Å². The Morgan fingerprint density at radius 2 is 1.24 bits per heavy atom. The molecular weight excluding hydrogens is 271 g/mol. The van der Waals surface area contributed by atoms with Gasteiger partial charge in [-0.3, -0.25) is 9.59 Å². The highest BCUT2D eigenvalue weighted by molar-refractivity contribution is 6.35. The molecule has 4 nitrogen and oxygen atoms in total. The Balaban J connectivity index is 1.77. The molecule has 0 atom stereocenters. The summed E-state index contributed by atoms with van der Waals surface area (Å²) < 4.78 is 12.7. The summed E-state index contributed by atoms with van der Waals surface area (Å²) >= 11 is 0. The van der Waals surface area contributed by atoms with Crippen molar-refractivity contribution in [3.8, 4) is 0 Å². The molecule has 0 aliphatic carbocycles. The molecule has 0 bridgehead atoms. The minimum absolute atomic E-state index is 0.178. The molecule has 0 saturated heterocycles. The first-order chi connectivity index (χ1) is 10.1. The van der Waals surface area contributed by atoms with Gasteiger partial charge in [0, 0.05) is 13.1 Å². The summed E-state index contributed by atoms with van der Waals surface area (Å²) in [6.07, 6.45) is 0. The first-order valence-corrected chi connectivity index (χ1v) is 6.49. The van der Waals surface area contributed by atoms with Crippen LogP contribution in [0.4, 0.5) is 4.39 Å². The van der Waals surface area contributed by atoms with Gasteiger partial charge >= 0.3 is 11.8 Å². The average Bonchev–Trinajstić information content (AvgIpc) is 2.52. The van der Waals surface area contributed by atoms with Crippen molar-refractivity contribution < 1.29 is 14.0 Å². The Morgan fingerprint density at radius 1 is 0.762 bits per heavy atom. The summed E-state index contributed by atoms with van der Waals surface area (Å²) in [5, 5.41) is 5.01. The van der Waals surface area contributed by atoms with Crippen molar-refractivity contribution in [1.29, 1.82) is 0 Å². The normalized spacial score (nSPS) is 9.95. The Labute approximate surface area is 122 Å². The predicted molar refractivity (Wildman–Crippen MR) is 76.5 cm³/mol. The standard InChI is InChI=1S/C16H15FN2O2/c17-14-8-6-13(7-9-14)11-19-16(21)15(20)18-10-12-4-2-1-3-5-12/h1-9H,10-11H2,(H,18,20)(H,19,21). The molecule has 108 valence electrons. The zero-order valence-corrected chi connectivity index (χ0v) is 11.3. The van der Waals surface area contributed by atoms with Crippen LogP contribution in [0.3, 0.4) is 0 Å². The van der Waals surface area contributed by atoms with Crippen LogP contribution in [0.15, 0.2) is 54.6 Å². The van der Waals surface area contributed by atoms with Crippen molar-refractivity contribution in [3.05, 3.63) is 71.5 Å². The summed E-state index contributed by atoms with van der Waals surface area (Å²) in [4.78, 5) is 23.2. The molecule has 0 aliphatic rings. The van der Waals surface area contributed by atoms with E-state index in [1.165, 1.54) is 12.1 Å². The maximum absolute atomic E-state index is 12.7. The number of hydrogen-bond acceptors (Lipinski definition) is 2. The van der Waals surface area contributed by atoms with Crippen molar-refractivity contribution in [3.63, 3.8) is 0 Å². The van der Waals surface area contributed by atoms with Crippen molar-refractivity contribution in [2.75, 3.05) is 0 Å². The second kappa shape index (κ2) is 7.19. The second-order valence-corrected chi connectivity index (χ2v) is 4.48. The van der Waals surface area contributed by atoms with E-state index in [1.807, 2.05) is 30.3 Å². The Bertz CT molecular complexity index is 612. The van der Waals surface area contributed by atoms with E-state index in [4.69, 9.17) is 0 Å².